The molecular formula is C21H13ClF5N3OS. The van der Waals surface area contributed by atoms with E-state index in [4.69, 9.17) is 23.8 Å². The van der Waals surface area contributed by atoms with Crippen LogP contribution in [0, 0.1) is 11.6 Å². The Labute approximate surface area is 189 Å². The molecule has 3 N–H and O–H groups in total. The van der Waals surface area contributed by atoms with E-state index >= 15 is 0 Å². The molecule has 0 saturated heterocycles. The van der Waals surface area contributed by atoms with E-state index in [1.807, 2.05) is 0 Å². The van der Waals surface area contributed by atoms with Crippen LogP contribution in [0.15, 0.2) is 60.7 Å². The van der Waals surface area contributed by atoms with Crippen LogP contribution in [0.2, 0.25) is 5.02 Å². The van der Waals surface area contributed by atoms with Gasteiger partial charge in [0.05, 0.1) is 10.6 Å². The van der Waals surface area contributed by atoms with Crippen molar-refractivity contribution >= 4 is 51.9 Å². The zero-order chi connectivity index (χ0) is 23.5. The first-order valence-corrected chi connectivity index (χ1v) is 9.63. The minimum atomic E-state index is -4.62. The topological polar surface area (TPSA) is 53.2 Å². The van der Waals surface area contributed by atoms with Crippen LogP contribution in [0.3, 0.4) is 0 Å². The van der Waals surface area contributed by atoms with E-state index in [1.165, 1.54) is 30.3 Å². The summed E-state index contributed by atoms with van der Waals surface area (Å²) in [7, 11) is 0. The van der Waals surface area contributed by atoms with Crippen LogP contribution in [-0.2, 0) is 6.18 Å². The number of hydrogen-bond donors (Lipinski definition) is 3. The monoisotopic (exact) mass is 485 g/mol. The van der Waals surface area contributed by atoms with Crippen LogP contribution < -0.4 is 16.0 Å². The summed E-state index contributed by atoms with van der Waals surface area (Å²) in [5, 5.41) is 7.33. The molecule has 0 fully saturated rings. The van der Waals surface area contributed by atoms with Gasteiger partial charge in [-0.3, -0.25) is 4.79 Å². The zero-order valence-electron chi connectivity index (χ0n) is 15.9. The van der Waals surface area contributed by atoms with E-state index in [2.05, 4.69) is 16.0 Å². The third kappa shape index (κ3) is 5.71. The first-order chi connectivity index (χ1) is 15.0. The molecule has 0 spiro atoms. The second kappa shape index (κ2) is 9.49. The smallest absolute Gasteiger partial charge is 0.332 e. The Balaban J connectivity index is 1.63. The molecule has 3 aromatic rings. The number of thiocarbonyl (C=S) groups is 1. The number of nitrogens with one attached hydrogen (secondary N) is 3. The summed E-state index contributed by atoms with van der Waals surface area (Å²) < 4.78 is 66.3. The maximum atomic E-state index is 13.7. The molecule has 32 heavy (non-hydrogen) atoms. The molecule has 3 rings (SSSR count). The molecule has 3 aromatic carbocycles. The molecule has 4 nitrogen and oxygen atoms in total. The van der Waals surface area contributed by atoms with Crippen molar-refractivity contribution in [2.45, 2.75) is 6.18 Å². The largest absolute Gasteiger partial charge is 0.417 e. The summed E-state index contributed by atoms with van der Waals surface area (Å²) in [4.78, 5) is 12.1. The molecule has 0 aliphatic carbocycles. The van der Waals surface area contributed by atoms with Crippen molar-refractivity contribution < 1.29 is 26.7 Å². The quantitative estimate of drug-likeness (QED) is 0.284. The van der Waals surface area contributed by atoms with Gasteiger partial charge in [-0.1, -0.05) is 17.7 Å². The van der Waals surface area contributed by atoms with Crippen molar-refractivity contribution in [3.05, 3.63) is 88.4 Å². The third-order valence-corrected chi connectivity index (χ3v) is 4.65. The van der Waals surface area contributed by atoms with Gasteiger partial charge in [0.15, 0.2) is 5.11 Å². The average molecular weight is 486 g/mol. The average Bonchev–Trinajstić information content (AvgIpc) is 2.70. The summed E-state index contributed by atoms with van der Waals surface area (Å²) in [6.45, 7) is 0. The fraction of sp³-hybridized carbons (Fsp3) is 0.0476. The molecule has 0 aliphatic heterocycles. The van der Waals surface area contributed by atoms with Gasteiger partial charge >= 0.3 is 6.18 Å². The van der Waals surface area contributed by atoms with Gasteiger partial charge in [0.1, 0.15) is 17.2 Å². The lowest BCUT2D eigenvalue weighted by Crippen LogP contribution is -2.19. The number of hydrogen-bond acceptors (Lipinski definition) is 2. The maximum Gasteiger partial charge on any atom is 0.417 e. The highest BCUT2D eigenvalue weighted by Crippen LogP contribution is 2.36. The number of carbonyl (C=O) groups excluding carboxylic acids is 1. The van der Waals surface area contributed by atoms with Crippen molar-refractivity contribution in [2.75, 3.05) is 16.0 Å². The minimum Gasteiger partial charge on any atom is -0.332 e. The molecule has 166 valence electrons. The van der Waals surface area contributed by atoms with Crippen molar-refractivity contribution in [2.24, 2.45) is 0 Å². The number of rotatable bonds is 4. The number of carbonyl (C=O) groups is 1. The second-order valence-corrected chi connectivity index (χ2v) is 7.22. The van der Waals surface area contributed by atoms with Gasteiger partial charge in [-0.25, -0.2) is 8.78 Å². The van der Waals surface area contributed by atoms with E-state index < -0.39 is 39.9 Å². The van der Waals surface area contributed by atoms with Gasteiger partial charge in [-0.2, -0.15) is 13.2 Å². The van der Waals surface area contributed by atoms with Gasteiger partial charge in [0.2, 0.25) is 0 Å². The third-order valence-electron chi connectivity index (χ3n) is 4.12. The highest BCUT2D eigenvalue weighted by atomic mass is 35.5. The van der Waals surface area contributed by atoms with Crippen LogP contribution in [0.4, 0.5) is 39.0 Å². The summed E-state index contributed by atoms with van der Waals surface area (Å²) in [6, 6.07) is 12.3. The second-order valence-electron chi connectivity index (χ2n) is 6.40. The molecule has 0 unspecified atom stereocenters. The fourth-order valence-corrected chi connectivity index (χ4v) is 3.12. The summed E-state index contributed by atoms with van der Waals surface area (Å²) in [6.07, 6.45) is -4.62. The Bertz CT molecular complexity index is 1150. The maximum absolute atomic E-state index is 13.7. The van der Waals surface area contributed by atoms with Gasteiger partial charge in [0.25, 0.3) is 5.91 Å². The van der Waals surface area contributed by atoms with Crippen LogP contribution in [0.1, 0.15) is 15.9 Å². The molecule has 0 heterocycles. The summed E-state index contributed by atoms with van der Waals surface area (Å²) >= 11 is 10.7. The lowest BCUT2D eigenvalue weighted by molar-refractivity contribution is -0.137. The lowest BCUT2D eigenvalue weighted by atomic mass is 10.1. The van der Waals surface area contributed by atoms with Crippen molar-refractivity contribution in [1.29, 1.82) is 0 Å². The van der Waals surface area contributed by atoms with Gasteiger partial charge in [-0.05, 0) is 66.8 Å². The number of alkyl halides is 3. The lowest BCUT2D eigenvalue weighted by Gasteiger charge is -2.14. The molecule has 0 saturated carbocycles. The Morgan fingerprint density at radius 1 is 0.812 bits per heavy atom. The van der Waals surface area contributed by atoms with Gasteiger partial charge < -0.3 is 16.0 Å². The van der Waals surface area contributed by atoms with Crippen LogP contribution in [-0.4, -0.2) is 11.0 Å². The van der Waals surface area contributed by atoms with Crippen molar-refractivity contribution in [3.63, 3.8) is 0 Å². The fourth-order valence-electron chi connectivity index (χ4n) is 2.66. The first kappa shape index (κ1) is 23.4. The van der Waals surface area contributed by atoms with Gasteiger partial charge in [-0.15, -0.1) is 0 Å². The van der Waals surface area contributed by atoms with Crippen molar-refractivity contribution in [1.82, 2.24) is 0 Å². The molecule has 0 aliphatic rings. The SMILES string of the molecule is O=C(Nc1ccc(NC(=S)Nc2ccc(Cl)c(C(F)(F)F)c2)cc1)c1c(F)cccc1F. The molecule has 0 radical (unpaired) electrons. The van der Waals surface area contributed by atoms with Crippen molar-refractivity contribution in [3.8, 4) is 0 Å². The molecule has 0 atom stereocenters. The summed E-state index contributed by atoms with van der Waals surface area (Å²) in [5.41, 5.74) is -0.924. The number of halogens is 6. The highest BCUT2D eigenvalue weighted by Gasteiger charge is 2.33. The molecule has 11 heteroatoms. The van der Waals surface area contributed by atoms with Crippen LogP contribution >= 0.6 is 23.8 Å². The number of benzene rings is 3. The normalized spacial score (nSPS) is 11.1. The predicted octanol–water partition coefficient (Wildman–Crippen LogP) is 6.70. The minimum absolute atomic E-state index is 0.00524. The molecular weight excluding hydrogens is 473 g/mol. The Morgan fingerprint density at radius 2 is 1.31 bits per heavy atom. The van der Waals surface area contributed by atoms with E-state index in [-0.39, 0.29) is 16.5 Å². The summed E-state index contributed by atoms with van der Waals surface area (Å²) in [5.74, 6) is -2.94. The molecule has 0 bridgehead atoms. The number of anilines is 3. The van der Waals surface area contributed by atoms with Crippen LogP contribution in [0.25, 0.3) is 0 Å². The van der Waals surface area contributed by atoms with E-state index in [9.17, 15) is 26.7 Å². The van der Waals surface area contributed by atoms with Crippen LogP contribution in [0.5, 0.6) is 0 Å². The van der Waals surface area contributed by atoms with E-state index in [1.54, 1.807) is 0 Å². The Kier molecular flexibility index (Phi) is 6.95. The highest BCUT2D eigenvalue weighted by molar-refractivity contribution is 7.80. The first-order valence-electron chi connectivity index (χ1n) is 8.85. The standard InChI is InChI=1S/C21H13ClF5N3OS/c22-15-9-8-13(10-14(15)21(25,26)27)30-20(32)29-12-6-4-11(5-7-12)28-19(31)18-16(23)2-1-3-17(18)24/h1-10H,(H,28,31)(H2,29,30,32). The Hall–Kier alpha value is -3.24. The zero-order valence-corrected chi connectivity index (χ0v) is 17.4. The predicted molar refractivity (Wildman–Crippen MR) is 117 cm³/mol. The molecule has 0 aromatic heterocycles. The van der Waals surface area contributed by atoms with Gasteiger partial charge in [0, 0.05) is 17.1 Å². The van der Waals surface area contributed by atoms with E-state index in [0.29, 0.717) is 5.69 Å². The van der Waals surface area contributed by atoms with E-state index in [0.717, 1.165) is 30.3 Å². The number of amides is 1. The Morgan fingerprint density at radius 3 is 1.88 bits per heavy atom. The molecule has 1 amide bonds.